The average Bonchev–Trinajstić information content (AvgIpc) is 3.21. The Bertz CT molecular complexity index is 1280. The summed E-state index contributed by atoms with van der Waals surface area (Å²) >= 11 is 5.99. The molecule has 0 aliphatic rings. The van der Waals surface area contributed by atoms with Crippen LogP contribution in [0, 0.1) is 0 Å². The van der Waals surface area contributed by atoms with Crippen LogP contribution in [-0.2, 0) is 17.9 Å². The molecule has 4 rings (SSSR count). The van der Waals surface area contributed by atoms with E-state index in [4.69, 9.17) is 30.3 Å². The number of aromatic nitrogens is 3. The predicted octanol–water partition coefficient (Wildman–Crippen LogP) is 3.92. The maximum Gasteiger partial charge on any atom is 0.280 e. The van der Waals surface area contributed by atoms with Gasteiger partial charge in [0.2, 0.25) is 5.58 Å². The van der Waals surface area contributed by atoms with Gasteiger partial charge in [0.05, 0.1) is 32.9 Å². The van der Waals surface area contributed by atoms with E-state index in [1.807, 2.05) is 12.1 Å². The summed E-state index contributed by atoms with van der Waals surface area (Å²) in [6.07, 6.45) is 0. The molecule has 0 unspecified atom stereocenters. The first-order valence-corrected chi connectivity index (χ1v) is 9.78. The van der Waals surface area contributed by atoms with Gasteiger partial charge in [-0.15, -0.1) is 0 Å². The van der Waals surface area contributed by atoms with E-state index in [1.165, 1.54) is 11.8 Å². The number of methoxy groups -OCH3 is 3. The number of fused-ring (bicyclic) bond motifs is 1. The van der Waals surface area contributed by atoms with E-state index in [0.717, 1.165) is 5.56 Å². The van der Waals surface area contributed by atoms with Crippen molar-refractivity contribution in [3.05, 3.63) is 69.1 Å². The molecule has 31 heavy (non-hydrogen) atoms. The Kier molecular flexibility index (Phi) is 5.92. The van der Waals surface area contributed by atoms with Crippen molar-refractivity contribution in [1.29, 1.82) is 0 Å². The normalized spacial score (nSPS) is 11.1. The van der Waals surface area contributed by atoms with E-state index in [1.54, 1.807) is 44.6 Å². The van der Waals surface area contributed by atoms with Crippen molar-refractivity contribution in [3.8, 4) is 22.8 Å². The lowest BCUT2D eigenvalue weighted by Crippen LogP contribution is -2.24. The molecule has 2 aromatic carbocycles. The Hall–Kier alpha value is -3.36. The third-order valence-electron chi connectivity index (χ3n) is 4.84. The minimum absolute atomic E-state index is 0.127. The van der Waals surface area contributed by atoms with Crippen LogP contribution >= 0.6 is 11.6 Å². The summed E-state index contributed by atoms with van der Waals surface area (Å²) in [7, 11) is 4.66. The second-order valence-corrected chi connectivity index (χ2v) is 7.21. The number of benzene rings is 2. The molecule has 0 fully saturated rings. The molecule has 9 heteroatoms. The van der Waals surface area contributed by atoms with Gasteiger partial charge in [0.1, 0.15) is 28.3 Å². The molecular weight excluding hydrogens is 422 g/mol. The number of nitrogens with zero attached hydrogens (tertiary/aromatic N) is 3. The maximum absolute atomic E-state index is 13.3. The molecule has 0 amide bonds. The highest BCUT2D eigenvalue weighted by molar-refractivity contribution is 6.30. The van der Waals surface area contributed by atoms with Gasteiger partial charge in [0.25, 0.3) is 5.56 Å². The van der Waals surface area contributed by atoms with Crippen molar-refractivity contribution in [2.24, 2.45) is 0 Å². The molecular formula is C22H20ClN3O5. The van der Waals surface area contributed by atoms with Gasteiger partial charge in [0, 0.05) is 12.1 Å². The van der Waals surface area contributed by atoms with Gasteiger partial charge in [-0.25, -0.2) is 4.68 Å². The number of hydrogen-bond donors (Lipinski definition) is 0. The van der Waals surface area contributed by atoms with Crippen LogP contribution in [-0.4, -0.2) is 36.3 Å². The van der Waals surface area contributed by atoms with Crippen LogP contribution in [0.25, 0.3) is 22.2 Å². The molecule has 0 saturated heterocycles. The topological polar surface area (TPSA) is 88.6 Å². The Morgan fingerprint density at radius 3 is 2.52 bits per heavy atom. The Morgan fingerprint density at radius 2 is 1.84 bits per heavy atom. The van der Waals surface area contributed by atoms with Gasteiger partial charge in [0.15, 0.2) is 0 Å². The van der Waals surface area contributed by atoms with E-state index in [-0.39, 0.29) is 24.3 Å². The molecule has 0 aliphatic heterocycles. The highest BCUT2D eigenvalue weighted by atomic mass is 35.5. The number of halogens is 1. The number of hydrogen-bond acceptors (Lipinski definition) is 7. The van der Waals surface area contributed by atoms with Gasteiger partial charge in [-0.3, -0.25) is 4.79 Å². The van der Waals surface area contributed by atoms with Crippen molar-refractivity contribution in [2.45, 2.75) is 13.2 Å². The summed E-state index contributed by atoms with van der Waals surface area (Å²) in [5.41, 5.74) is 2.22. The van der Waals surface area contributed by atoms with Crippen molar-refractivity contribution in [1.82, 2.24) is 14.9 Å². The fourth-order valence-electron chi connectivity index (χ4n) is 3.33. The second-order valence-electron chi connectivity index (χ2n) is 6.77. The first kappa shape index (κ1) is 20.9. The quantitative estimate of drug-likeness (QED) is 0.429. The SMILES string of the molecule is COCc1noc2c(-c3cc(OC)ccc3OC)nn(Cc3ccc(Cl)cc3)c(=O)c12. The lowest BCUT2D eigenvalue weighted by atomic mass is 10.1. The van der Waals surface area contributed by atoms with Crippen LogP contribution in [0.5, 0.6) is 11.5 Å². The monoisotopic (exact) mass is 441 g/mol. The van der Waals surface area contributed by atoms with Crippen molar-refractivity contribution in [2.75, 3.05) is 21.3 Å². The van der Waals surface area contributed by atoms with Crippen LogP contribution in [0.15, 0.2) is 51.8 Å². The fourth-order valence-corrected chi connectivity index (χ4v) is 3.45. The second kappa shape index (κ2) is 8.79. The first-order chi connectivity index (χ1) is 15.0. The third-order valence-corrected chi connectivity index (χ3v) is 5.09. The minimum atomic E-state index is -0.330. The fraction of sp³-hybridized carbons (Fsp3) is 0.227. The summed E-state index contributed by atoms with van der Waals surface area (Å²) in [4.78, 5) is 13.3. The van der Waals surface area contributed by atoms with E-state index >= 15 is 0 Å². The van der Waals surface area contributed by atoms with Crippen molar-refractivity contribution >= 4 is 22.6 Å². The molecule has 0 spiro atoms. The Labute approximate surface area is 182 Å². The largest absolute Gasteiger partial charge is 0.497 e. The maximum atomic E-state index is 13.3. The summed E-state index contributed by atoms with van der Waals surface area (Å²) in [5, 5.41) is 9.58. The molecule has 2 aromatic heterocycles. The first-order valence-electron chi connectivity index (χ1n) is 9.41. The predicted molar refractivity (Wildman–Crippen MR) is 116 cm³/mol. The zero-order chi connectivity index (χ0) is 22.0. The molecule has 0 radical (unpaired) electrons. The average molecular weight is 442 g/mol. The molecule has 0 aliphatic carbocycles. The van der Waals surface area contributed by atoms with E-state index in [9.17, 15) is 4.79 Å². The standard InChI is InChI=1S/C22H20ClN3O5/c1-28-12-17-19-21(31-25-17)20(16-10-15(29-2)8-9-18(16)30-3)24-26(22(19)27)11-13-4-6-14(23)7-5-13/h4-10H,11-12H2,1-3H3. The van der Waals surface area contributed by atoms with Crippen molar-refractivity contribution in [3.63, 3.8) is 0 Å². The highest BCUT2D eigenvalue weighted by Crippen LogP contribution is 2.36. The zero-order valence-electron chi connectivity index (χ0n) is 17.2. The van der Waals surface area contributed by atoms with Gasteiger partial charge in [-0.2, -0.15) is 5.10 Å². The van der Waals surface area contributed by atoms with Crippen LogP contribution in [0.2, 0.25) is 5.02 Å². The van der Waals surface area contributed by atoms with Crippen LogP contribution in [0.1, 0.15) is 11.3 Å². The van der Waals surface area contributed by atoms with Crippen LogP contribution in [0.4, 0.5) is 0 Å². The van der Waals surface area contributed by atoms with Gasteiger partial charge in [-0.05, 0) is 35.9 Å². The van der Waals surface area contributed by atoms with Crippen LogP contribution in [0.3, 0.4) is 0 Å². The summed E-state index contributed by atoms with van der Waals surface area (Å²) < 4.78 is 23.0. The van der Waals surface area contributed by atoms with E-state index in [0.29, 0.717) is 38.9 Å². The van der Waals surface area contributed by atoms with Gasteiger partial charge < -0.3 is 18.7 Å². The smallest absolute Gasteiger partial charge is 0.280 e. The third kappa shape index (κ3) is 3.99. The molecule has 2 heterocycles. The summed E-state index contributed by atoms with van der Waals surface area (Å²) in [6, 6.07) is 12.5. The lowest BCUT2D eigenvalue weighted by molar-refractivity contribution is 0.178. The molecule has 0 bridgehead atoms. The Morgan fingerprint density at radius 1 is 1.06 bits per heavy atom. The molecule has 0 atom stereocenters. The zero-order valence-corrected chi connectivity index (χ0v) is 18.0. The molecule has 160 valence electrons. The minimum Gasteiger partial charge on any atom is -0.497 e. The van der Waals surface area contributed by atoms with Gasteiger partial charge >= 0.3 is 0 Å². The summed E-state index contributed by atoms with van der Waals surface area (Å²) in [6.45, 7) is 0.366. The van der Waals surface area contributed by atoms with E-state index < -0.39 is 0 Å². The lowest BCUT2D eigenvalue weighted by Gasteiger charge is -2.12. The molecule has 8 nitrogen and oxygen atoms in total. The highest BCUT2D eigenvalue weighted by Gasteiger charge is 2.23. The number of ether oxygens (including phenoxy) is 3. The Balaban J connectivity index is 1.98. The number of rotatable bonds is 7. The van der Waals surface area contributed by atoms with E-state index in [2.05, 4.69) is 10.3 Å². The van der Waals surface area contributed by atoms with Gasteiger partial charge in [-0.1, -0.05) is 28.9 Å². The molecule has 0 N–H and O–H groups in total. The van der Waals surface area contributed by atoms with Crippen LogP contribution < -0.4 is 15.0 Å². The molecule has 0 saturated carbocycles. The van der Waals surface area contributed by atoms with Crippen molar-refractivity contribution < 1.29 is 18.7 Å². The summed E-state index contributed by atoms with van der Waals surface area (Å²) in [5.74, 6) is 1.16. The molecule has 4 aromatic rings.